The number of hydrogen-bond acceptors (Lipinski definition) is 3. The maximum atomic E-state index is 13.2. The quantitative estimate of drug-likeness (QED) is 0.682. The zero-order valence-electron chi connectivity index (χ0n) is 16.9. The van der Waals surface area contributed by atoms with E-state index in [1.807, 2.05) is 6.92 Å². The Bertz CT molecular complexity index is 892. The number of benzene rings is 1. The highest BCUT2D eigenvalue weighted by Crippen LogP contribution is 2.35. The lowest BCUT2D eigenvalue weighted by Crippen LogP contribution is -2.20. The van der Waals surface area contributed by atoms with Crippen molar-refractivity contribution < 1.29 is 18.7 Å². The molecule has 0 radical (unpaired) electrons. The summed E-state index contributed by atoms with van der Waals surface area (Å²) in [5.74, 6) is -0.623. The van der Waals surface area contributed by atoms with Crippen LogP contribution >= 0.6 is 0 Å². The average Bonchev–Trinajstić information content (AvgIpc) is 3.01. The molecule has 154 valence electrons. The van der Waals surface area contributed by atoms with Crippen LogP contribution in [0.1, 0.15) is 95.0 Å². The van der Waals surface area contributed by atoms with Crippen LogP contribution in [0.4, 0.5) is 4.39 Å². The number of aromatic amines is 1. The Hall–Kier alpha value is -2.43. The zero-order valence-corrected chi connectivity index (χ0v) is 16.9. The molecule has 4 nitrogen and oxygen atoms in total. The molecular formula is C24H28FNO3. The molecule has 0 aliphatic heterocycles. The molecule has 0 saturated heterocycles. The standard InChI is InChI=1S/C24H28FNO3/c1-15-22-20(13-17(14-21(22)27)16-9-11-18(25)12-10-16)26-23(15)24(28)29-19-7-5-3-2-4-6-8-19/h9-12,17,19,26H,2-8,13-14H2,1H3/t17-/m0/s1. The van der Waals surface area contributed by atoms with E-state index in [9.17, 15) is 14.0 Å². The molecule has 4 rings (SSSR count). The van der Waals surface area contributed by atoms with Crippen LogP contribution in [0.5, 0.6) is 0 Å². The number of Topliss-reactive ketones (excluding diaryl/α,β-unsaturated/α-hetero) is 1. The third-order valence-electron chi connectivity index (χ3n) is 6.36. The predicted molar refractivity (Wildman–Crippen MR) is 109 cm³/mol. The van der Waals surface area contributed by atoms with E-state index in [1.54, 1.807) is 12.1 Å². The van der Waals surface area contributed by atoms with Gasteiger partial charge in [-0.25, -0.2) is 9.18 Å². The van der Waals surface area contributed by atoms with Crippen molar-refractivity contribution in [3.05, 3.63) is 58.2 Å². The molecule has 0 spiro atoms. The molecule has 1 saturated carbocycles. The largest absolute Gasteiger partial charge is 0.458 e. The summed E-state index contributed by atoms with van der Waals surface area (Å²) in [6, 6.07) is 6.32. The van der Waals surface area contributed by atoms with Crippen molar-refractivity contribution >= 4 is 11.8 Å². The highest BCUT2D eigenvalue weighted by Gasteiger charge is 2.32. The monoisotopic (exact) mass is 397 g/mol. The van der Waals surface area contributed by atoms with E-state index in [0.29, 0.717) is 29.7 Å². The van der Waals surface area contributed by atoms with E-state index in [1.165, 1.54) is 31.4 Å². The summed E-state index contributed by atoms with van der Waals surface area (Å²) in [5, 5.41) is 0. The number of carbonyl (C=O) groups excluding carboxylic acids is 2. The van der Waals surface area contributed by atoms with Gasteiger partial charge in [-0.05, 0) is 68.2 Å². The van der Waals surface area contributed by atoms with Crippen LogP contribution in [0.15, 0.2) is 24.3 Å². The van der Waals surface area contributed by atoms with Gasteiger partial charge in [0.2, 0.25) is 0 Å². The minimum atomic E-state index is -0.353. The van der Waals surface area contributed by atoms with E-state index in [-0.39, 0.29) is 29.6 Å². The lowest BCUT2D eigenvalue weighted by Gasteiger charge is -2.22. The number of esters is 1. The number of carbonyl (C=O) groups is 2. The van der Waals surface area contributed by atoms with Crippen LogP contribution in [0, 0.1) is 12.7 Å². The van der Waals surface area contributed by atoms with Crippen molar-refractivity contribution in [1.82, 2.24) is 4.98 Å². The molecule has 0 unspecified atom stereocenters. The Morgan fingerprint density at radius 3 is 2.38 bits per heavy atom. The first kappa shape index (κ1) is 19.9. The van der Waals surface area contributed by atoms with E-state index in [4.69, 9.17) is 4.74 Å². The van der Waals surface area contributed by atoms with Crippen LogP contribution in [0.2, 0.25) is 0 Å². The SMILES string of the molecule is Cc1c(C(=O)OC2CCCCCCC2)[nH]c2c1C(=O)C[C@@H](c1ccc(F)cc1)C2. The molecule has 0 amide bonds. The Morgan fingerprint density at radius 1 is 1.03 bits per heavy atom. The minimum Gasteiger partial charge on any atom is -0.458 e. The number of ether oxygens (including phenoxy) is 1. The van der Waals surface area contributed by atoms with E-state index in [0.717, 1.165) is 36.9 Å². The number of rotatable bonds is 3. The van der Waals surface area contributed by atoms with E-state index < -0.39 is 0 Å². The smallest absolute Gasteiger partial charge is 0.355 e. The highest BCUT2D eigenvalue weighted by molar-refractivity contribution is 6.03. The van der Waals surface area contributed by atoms with Crippen molar-refractivity contribution in [1.29, 1.82) is 0 Å². The first-order chi connectivity index (χ1) is 14.0. The van der Waals surface area contributed by atoms with Gasteiger partial charge in [0.1, 0.15) is 17.6 Å². The van der Waals surface area contributed by atoms with Crippen molar-refractivity contribution in [2.24, 2.45) is 0 Å². The second kappa shape index (κ2) is 8.52. The molecule has 29 heavy (non-hydrogen) atoms. The minimum absolute atomic E-state index is 0.0110. The summed E-state index contributed by atoms with van der Waals surface area (Å²) in [5.41, 5.74) is 3.46. The highest BCUT2D eigenvalue weighted by atomic mass is 19.1. The number of hydrogen-bond donors (Lipinski definition) is 1. The average molecular weight is 397 g/mol. The van der Waals surface area contributed by atoms with Crippen molar-refractivity contribution in [3.8, 4) is 0 Å². The molecule has 5 heteroatoms. The summed E-state index contributed by atoms with van der Waals surface area (Å²) in [6.07, 6.45) is 8.63. The molecule has 2 aliphatic carbocycles. The number of H-pyrrole nitrogens is 1. The van der Waals surface area contributed by atoms with E-state index >= 15 is 0 Å². The number of ketones is 1. The molecule has 0 bridgehead atoms. The van der Waals surface area contributed by atoms with Gasteiger partial charge in [0, 0.05) is 17.7 Å². The molecule has 2 aliphatic rings. The van der Waals surface area contributed by atoms with Gasteiger partial charge in [-0.2, -0.15) is 0 Å². The Labute approximate surface area is 170 Å². The summed E-state index contributed by atoms with van der Waals surface area (Å²) >= 11 is 0. The second-order valence-corrected chi connectivity index (χ2v) is 8.43. The molecule has 1 aromatic heterocycles. The van der Waals surface area contributed by atoms with Gasteiger partial charge in [-0.15, -0.1) is 0 Å². The maximum absolute atomic E-state index is 13.2. The van der Waals surface area contributed by atoms with Crippen molar-refractivity contribution in [2.45, 2.75) is 76.7 Å². The molecule has 2 aromatic rings. The van der Waals surface area contributed by atoms with Crippen LogP contribution in [-0.2, 0) is 11.2 Å². The summed E-state index contributed by atoms with van der Waals surface area (Å²) in [6.45, 7) is 1.82. The number of nitrogens with one attached hydrogen (secondary N) is 1. The second-order valence-electron chi connectivity index (χ2n) is 8.43. The molecule has 1 aromatic carbocycles. The fourth-order valence-corrected chi connectivity index (χ4v) is 4.76. The normalized spacial score (nSPS) is 20.6. The third kappa shape index (κ3) is 4.29. The molecule has 1 atom stereocenters. The molecule has 1 N–H and O–H groups in total. The van der Waals surface area contributed by atoms with Gasteiger partial charge in [0.25, 0.3) is 0 Å². The number of halogens is 1. The van der Waals surface area contributed by atoms with Crippen LogP contribution in [0.25, 0.3) is 0 Å². The summed E-state index contributed by atoms with van der Waals surface area (Å²) in [7, 11) is 0. The van der Waals surface area contributed by atoms with Gasteiger partial charge in [-0.1, -0.05) is 31.4 Å². The third-order valence-corrected chi connectivity index (χ3v) is 6.36. The molecule has 1 heterocycles. The number of aromatic nitrogens is 1. The van der Waals surface area contributed by atoms with Crippen LogP contribution in [-0.4, -0.2) is 22.8 Å². The fraction of sp³-hybridized carbons (Fsp3) is 0.500. The predicted octanol–water partition coefficient (Wildman–Crippen LogP) is 5.64. The van der Waals surface area contributed by atoms with Crippen molar-refractivity contribution in [3.63, 3.8) is 0 Å². The number of fused-ring (bicyclic) bond motifs is 1. The van der Waals surface area contributed by atoms with Gasteiger partial charge in [0.05, 0.1) is 0 Å². The first-order valence-corrected chi connectivity index (χ1v) is 10.7. The fourth-order valence-electron chi connectivity index (χ4n) is 4.76. The van der Waals surface area contributed by atoms with Crippen molar-refractivity contribution in [2.75, 3.05) is 0 Å². The van der Waals surface area contributed by atoms with E-state index in [2.05, 4.69) is 4.98 Å². The lowest BCUT2D eigenvalue weighted by atomic mass is 9.81. The lowest BCUT2D eigenvalue weighted by molar-refractivity contribution is 0.0232. The van der Waals surface area contributed by atoms with Gasteiger partial charge in [0.15, 0.2) is 5.78 Å². The Balaban J connectivity index is 1.52. The Kier molecular flexibility index (Phi) is 5.84. The van der Waals surface area contributed by atoms with Gasteiger partial charge >= 0.3 is 5.97 Å². The van der Waals surface area contributed by atoms with Crippen LogP contribution in [0.3, 0.4) is 0 Å². The molecule has 1 fully saturated rings. The summed E-state index contributed by atoms with van der Waals surface area (Å²) in [4.78, 5) is 28.9. The Morgan fingerprint density at radius 2 is 1.69 bits per heavy atom. The maximum Gasteiger partial charge on any atom is 0.355 e. The van der Waals surface area contributed by atoms with Gasteiger partial charge in [-0.3, -0.25) is 4.79 Å². The first-order valence-electron chi connectivity index (χ1n) is 10.7. The topological polar surface area (TPSA) is 59.2 Å². The van der Waals surface area contributed by atoms with Crippen LogP contribution < -0.4 is 0 Å². The van der Waals surface area contributed by atoms with Gasteiger partial charge < -0.3 is 9.72 Å². The zero-order chi connectivity index (χ0) is 20.4. The molecular weight excluding hydrogens is 369 g/mol. The summed E-state index contributed by atoms with van der Waals surface area (Å²) < 4.78 is 19.0.